The molecule has 1 aliphatic carbocycles. The molecular formula is C12H12ClN3O3. The highest BCUT2D eigenvalue weighted by atomic mass is 35.5. The highest BCUT2D eigenvalue weighted by Crippen LogP contribution is 2.33. The molecule has 7 heteroatoms. The zero-order chi connectivity index (χ0) is 14.0. The Morgan fingerprint density at radius 1 is 1.58 bits per heavy atom. The van der Waals surface area contributed by atoms with Gasteiger partial charge in [0, 0.05) is 17.5 Å². The second-order valence-corrected chi connectivity index (χ2v) is 4.62. The number of halogens is 1. The van der Waals surface area contributed by atoms with Crippen molar-refractivity contribution in [3.8, 4) is 0 Å². The maximum absolute atomic E-state index is 10.8. The lowest BCUT2D eigenvalue weighted by Gasteiger charge is -2.05. The van der Waals surface area contributed by atoms with Gasteiger partial charge in [-0.25, -0.2) is 4.99 Å². The Bertz CT molecular complexity index is 567. The molecule has 0 atom stereocenters. The van der Waals surface area contributed by atoms with Crippen molar-refractivity contribution in [1.82, 2.24) is 0 Å². The third-order valence-corrected chi connectivity index (χ3v) is 3.09. The first-order valence-electron chi connectivity index (χ1n) is 5.61. The third kappa shape index (κ3) is 3.10. The topological polar surface area (TPSA) is 90.8 Å². The molecule has 0 radical (unpaired) electrons. The highest BCUT2D eigenvalue weighted by Gasteiger charge is 2.29. The number of nitrogens with two attached hydrogens (primary N) is 1. The van der Waals surface area contributed by atoms with Crippen LogP contribution in [0.25, 0.3) is 5.70 Å². The van der Waals surface area contributed by atoms with Crippen LogP contribution in [0.5, 0.6) is 0 Å². The summed E-state index contributed by atoms with van der Waals surface area (Å²) < 4.78 is 0. The van der Waals surface area contributed by atoms with E-state index in [1.54, 1.807) is 6.07 Å². The summed E-state index contributed by atoms with van der Waals surface area (Å²) >= 11 is 5.74. The first-order valence-corrected chi connectivity index (χ1v) is 5.99. The van der Waals surface area contributed by atoms with E-state index in [0.29, 0.717) is 17.2 Å². The van der Waals surface area contributed by atoms with Gasteiger partial charge in [0.05, 0.1) is 10.6 Å². The van der Waals surface area contributed by atoms with Crippen LogP contribution in [-0.2, 0) is 4.84 Å². The number of hydrogen-bond acceptors (Lipinski definition) is 5. The molecule has 0 saturated heterocycles. The molecule has 2 rings (SSSR count). The maximum atomic E-state index is 10.8. The fourth-order valence-corrected chi connectivity index (χ4v) is 1.76. The van der Waals surface area contributed by atoms with E-state index < -0.39 is 4.92 Å². The van der Waals surface area contributed by atoms with Crippen molar-refractivity contribution < 1.29 is 9.76 Å². The maximum Gasteiger partial charge on any atom is 0.288 e. The lowest BCUT2D eigenvalue weighted by Crippen LogP contribution is -2.12. The fourth-order valence-electron chi connectivity index (χ4n) is 1.57. The second kappa shape index (κ2) is 5.38. The third-order valence-electron chi connectivity index (χ3n) is 2.77. The first-order chi connectivity index (χ1) is 9.02. The number of benzene rings is 1. The summed E-state index contributed by atoms with van der Waals surface area (Å²) in [5.74, 6) is 5.77. The molecule has 1 saturated carbocycles. The minimum atomic E-state index is -0.552. The van der Waals surface area contributed by atoms with Gasteiger partial charge in [-0.05, 0) is 18.9 Å². The smallest absolute Gasteiger partial charge is 0.288 e. The number of nitro benzene ring substituents is 1. The normalized spacial score (nSPS) is 15.2. The molecule has 19 heavy (non-hydrogen) atoms. The predicted octanol–water partition coefficient (Wildman–Crippen LogP) is 2.92. The summed E-state index contributed by atoms with van der Waals surface area (Å²) in [6.45, 7) is 3.76. The molecule has 0 heterocycles. The molecule has 1 fully saturated rings. The number of rotatable bonds is 4. The summed E-state index contributed by atoms with van der Waals surface area (Å²) in [5.41, 5.74) is 0.676. The van der Waals surface area contributed by atoms with Crippen LogP contribution < -0.4 is 5.90 Å². The standard InChI is InChI=1S/C12H12ClN3O3/c1-7(15-12(19-14)8-2-3-8)9-4-5-10(13)11(6-9)16(17)18/h4-6,8H,1-3,14H2/b15-12-. The lowest BCUT2D eigenvalue weighted by molar-refractivity contribution is -0.384. The van der Waals surface area contributed by atoms with E-state index in [4.69, 9.17) is 22.3 Å². The van der Waals surface area contributed by atoms with Crippen molar-refractivity contribution in [3.05, 3.63) is 45.5 Å². The quantitative estimate of drug-likeness (QED) is 0.397. The van der Waals surface area contributed by atoms with E-state index in [0.717, 1.165) is 12.8 Å². The van der Waals surface area contributed by atoms with Gasteiger partial charge in [-0.3, -0.25) is 10.1 Å². The molecule has 0 aromatic heterocycles. The van der Waals surface area contributed by atoms with Crippen LogP contribution in [0, 0.1) is 16.0 Å². The van der Waals surface area contributed by atoms with Crippen LogP contribution in [0.1, 0.15) is 18.4 Å². The van der Waals surface area contributed by atoms with Crippen molar-refractivity contribution in [2.24, 2.45) is 16.8 Å². The Kier molecular flexibility index (Phi) is 3.82. The molecule has 100 valence electrons. The molecule has 1 aliphatic rings. The van der Waals surface area contributed by atoms with Crippen molar-refractivity contribution in [1.29, 1.82) is 0 Å². The highest BCUT2D eigenvalue weighted by molar-refractivity contribution is 6.32. The fraction of sp³-hybridized carbons (Fsp3) is 0.250. The molecular weight excluding hydrogens is 270 g/mol. The van der Waals surface area contributed by atoms with Crippen LogP contribution in [0.15, 0.2) is 29.8 Å². The van der Waals surface area contributed by atoms with E-state index in [1.807, 2.05) is 0 Å². The predicted molar refractivity (Wildman–Crippen MR) is 72.6 cm³/mol. The zero-order valence-electron chi connectivity index (χ0n) is 10.0. The summed E-state index contributed by atoms with van der Waals surface area (Å²) in [5, 5.41) is 10.9. The summed E-state index contributed by atoms with van der Waals surface area (Å²) in [6.07, 6.45) is 1.95. The van der Waals surface area contributed by atoms with Crippen molar-refractivity contribution in [2.45, 2.75) is 12.8 Å². The van der Waals surface area contributed by atoms with Gasteiger partial charge in [0.1, 0.15) is 5.02 Å². The van der Waals surface area contributed by atoms with Gasteiger partial charge in [0.15, 0.2) is 0 Å². The summed E-state index contributed by atoms with van der Waals surface area (Å²) in [6, 6.07) is 4.38. The van der Waals surface area contributed by atoms with Crippen molar-refractivity contribution in [2.75, 3.05) is 0 Å². The van der Waals surface area contributed by atoms with Crippen LogP contribution in [0.4, 0.5) is 5.69 Å². The van der Waals surface area contributed by atoms with Gasteiger partial charge >= 0.3 is 0 Å². The monoisotopic (exact) mass is 281 g/mol. The average Bonchev–Trinajstić information content (AvgIpc) is 3.20. The van der Waals surface area contributed by atoms with Crippen LogP contribution in [0.2, 0.25) is 5.02 Å². The van der Waals surface area contributed by atoms with E-state index in [2.05, 4.69) is 11.6 Å². The van der Waals surface area contributed by atoms with Gasteiger partial charge < -0.3 is 4.84 Å². The van der Waals surface area contributed by atoms with Gasteiger partial charge in [-0.1, -0.05) is 24.2 Å². The Balaban J connectivity index is 2.28. The Hall–Kier alpha value is -1.92. The van der Waals surface area contributed by atoms with Gasteiger partial charge in [-0.15, -0.1) is 0 Å². The SMILES string of the molecule is C=C(/N=C(\ON)C1CC1)c1ccc(Cl)c([N+](=O)[O-])c1. The van der Waals surface area contributed by atoms with Gasteiger partial charge in [0.25, 0.3) is 5.69 Å². The zero-order valence-corrected chi connectivity index (χ0v) is 10.8. The van der Waals surface area contributed by atoms with E-state index in [-0.39, 0.29) is 16.6 Å². The minimum absolute atomic E-state index is 0.0722. The van der Waals surface area contributed by atoms with Crippen molar-refractivity contribution in [3.63, 3.8) is 0 Å². The molecule has 0 aliphatic heterocycles. The number of nitro groups is 1. The molecule has 1 aromatic rings. The van der Waals surface area contributed by atoms with Crippen molar-refractivity contribution >= 4 is 28.9 Å². The van der Waals surface area contributed by atoms with Gasteiger partial charge in [-0.2, -0.15) is 5.90 Å². The van der Waals surface area contributed by atoms with Crippen LogP contribution in [0.3, 0.4) is 0 Å². The molecule has 6 nitrogen and oxygen atoms in total. The summed E-state index contributed by atoms with van der Waals surface area (Å²) in [7, 11) is 0. The number of aliphatic imine (C=N–C) groups is 1. The molecule has 1 aromatic carbocycles. The Morgan fingerprint density at radius 3 is 2.79 bits per heavy atom. The Morgan fingerprint density at radius 2 is 2.26 bits per heavy atom. The average molecular weight is 282 g/mol. The van der Waals surface area contributed by atoms with E-state index in [1.165, 1.54) is 12.1 Å². The Labute approximate surface area is 114 Å². The molecule has 2 N–H and O–H groups in total. The molecule has 0 bridgehead atoms. The van der Waals surface area contributed by atoms with E-state index >= 15 is 0 Å². The largest absolute Gasteiger partial charge is 0.396 e. The van der Waals surface area contributed by atoms with E-state index in [9.17, 15) is 10.1 Å². The number of hydrogen-bond donors (Lipinski definition) is 1. The molecule has 0 amide bonds. The number of nitrogens with zero attached hydrogens (tertiary/aromatic N) is 2. The molecule has 0 unspecified atom stereocenters. The second-order valence-electron chi connectivity index (χ2n) is 4.21. The minimum Gasteiger partial charge on any atom is -0.396 e. The first kappa shape index (κ1) is 13.5. The lowest BCUT2D eigenvalue weighted by atomic mass is 10.1. The van der Waals surface area contributed by atoms with Crippen LogP contribution >= 0.6 is 11.6 Å². The summed E-state index contributed by atoms with van der Waals surface area (Å²) in [4.78, 5) is 19.1. The van der Waals surface area contributed by atoms with Gasteiger partial charge in [0.2, 0.25) is 5.90 Å². The van der Waals surface area contributed by atoms with Crippen LogP contribution in [-0.4, -0.2) is 10.8 Å². The molecule has 0 spiro atoms.